The molecule has 7 nitrogen and oxygen atoms in total. The fourth-order valence-corrected chi connectivity index (χ4v) is 4.12. The largest absolute Gasteiger partial charge is 0.370 e. The Morgan fingerprint density at radius 3 is 2.83 bits per heavy atom. The molecule has 3 heterocycles. The highest BCUT2D eigenvalue weighted by Crippen LogP contribution is 2.30. The first-order valence-corrected chi connectivity index (χ1v) is 9.92. The minimum Gasteiger partial charge on any atom is -0.370 e. The average molecular weight is 348 g/mol. The maximum absolute atomic E-state index is 11.5. The fourth-order valence-electron chi connectivity index (χ4n) is 3.49. The first-order valence-electron chi connectivity index (χ1n) is 8.03. The molecule has 0 amide bonds. The fraction of sp³-hybridized carbons (Fsp3) is 0.500. The van der Waals surface area contributed by atoms with Gasteiger partial charge >= 0.3 is 0 Å². The van der Waals surface area contributed by atoms with Crippen LogP contribution in [0.5, 0.6) is 0 Å². The number of likely N-dealkylation sites (tertiary alicyclic amines) is 1. The van der Waals surface area contributed by atoms with Crippen LogP contribution in [0.1, 0.15) is 23.7 Å². The molecule has 1 aromatic heterocycles. The summed E-state index contributed by atoms with van der Waals surface area (Å²) >= 11 is 0. The maximum atomic E-state index is 11.5. The molecule has 2 aliphatic heterocycles. The van der Waals surface area contributed by atoms with E-state index < -0.39 is 9.84 Å². The smallest absolute Gasteiger partial charge is 0.175 e. The SMILES string of the molecule is CS(=O)(=O)c1ccc(CN2CC[C@@H]3OCc4cnnn4[C@H]3C2)cc1. The summed E-state index contributed by atoms with van der Waals surface area (Å²) in [7, 11) is -3.14. The average Bonchev–Trinajstić information content (AvgIpc) is 3.03. The van der Waals surface area contributed by atoms with Crippen molar-refractivity contribution in [2.24, 2.45) is 0 Å². The third kappa shape index (κ3) is 2.97. The lowest BCUT2D eigenvalue weighted by molar-refractivity contribution is -0.0669. The number of ether oxygens (including phenoxy) is 1. The summed E-state index contributed by atoms with van der Waals surface area (Å²) in [5.74, 6) is 0. The van der Waals surface area contributed by atoms with Gasteiger partial charge in [0, 0.05) is 25.9 Å². The van der Waals surface area contributed by atoms with Gasteiger partial charge in [-0.3, -0.25) is 4.90 Å². The van der Waals surface area contributed by atoms with Gasteiger partial charge in [-0.15, -0.1) is 5.10 Å². The van der Waals surface area contributed by atoms with E-state index >= 15 is 0 Å². The summed E-state index contributed by atoms with van der Waals surface area (Å²) in [5.41, 5.74) is 2.13. The molecule has 24 heavy (non-hydrogen) atoms. The first-order chi connectivity index (χ1) is 11.5. The molecule has 0 spiro atoms. The van der Waals surface area contributed by atoms with Gasteiger partial charge in [-0.25, -0.2) is 13.1 Å². The van der Waals surface area contributed by atoms with Crippen molar-refractivity contribution in [1.29, 1.82) is 0 Å². The maximum Gasteiger partial charge on any atom is 0.175 e. The van der Waals surface area contributed by atoms with Gasteiger partial charge in [-0.1, -0.05) is 17.3 Å². The van der Waals surface area contributed by atoms with Gasteiger partial charge in [-0.2, -0.15) is 0 Å². The predicted octanol–water partition coefficient (Wildman–Crippen LogP) is 1.03. The summed E-state index contributed by atoms with van der Waals surface area (Å²) in [4.78, 5) is 2.72. The summed E-state index contributed by atoms with van der Waals surface area (Å²) in [5, 5.41) is 8.21. The van der Waals surface area contributed by atoms with E-state index in [0.29, 0.717) is 11.5 Å². The molecule has 0 bridgehead atoms. The minimum atomic E-state index is -3.14. The molecule has 2 aromatic rings. The number of rotatable bonds is 3. The highest BCUT2D eigenvalue weighted by atomic mass is 32.2. The van der Waals surface area contributed by atoms with E-state index in [1.165, 1.54) is 6.26 Å². The van der Waals surface area contributed by atoms with Crippen LogP contribution in [0.15, 0.2) is 35.4 Å². The van der Waals surface area contributed by atoms with Crippen molar-refractivity contribution in [2.45, 2.75) is 36.6 Å². The summed E-state index contributed by atoms with van der Waals surface area (Å²) < 4.78 is 31.0. The molecule has 0 N–H and O–H groups in total. The quantitative estimate of drug-likeness (QED) is 0.824. The number of hydrogen-bond donors (Lipinski definition) is 0. The molecule has 1 aromatic carbocycles. The third-order valence-corrected chi connectivity index (χ3v) is 5.90. The van der Waals surface area contributed by atoms with E-state index in [0.717, 1.165) is 37.3 Å². The van der Waals surface area contributed by atoms with E-state index in [1.807, 2.05) is 16.8 Å². The molecular weight excluding hydrogens is 328 g/mol. The van der Waals surface area contributed by atoms with Crippen LogP contribution in [0.25, 0.3) is 0 Å². The second-order valence-electron chi connectivity index (χ2n) is 6.53. The Hall–Kier alpha value is -1.77. The molecular formula is C16H20N4O3S. The molecule has 1 fully saturated rings. The minimum absolute atomic E-state index is 0.195. The number of fused-ring (bicyclic) bond motifs is 3. The second-order valence-corrected chi connectivity index (χ2v) is 8.54. The van der Waals surface area contributed by atoms with Gasteiger partial charge < -0.3 is 4.74 Å². The summed E-state index contributed by atoms with van der Waals surface area (Å²) in [6.45, 7) is 3.19. The zero-order valence-electron chi connectivity index (χ0n) is 13.5. The van der Waals surface area contributed by atoms with Gasteiger partial charge in [0.25, 0.3) is 0 Å². The van der Waals surface area contributed by atoms with Gasteiger partial charge in [0.15, 0.2) is 9.84 Å². The van der Waals surface area contributed by atoms with Crippen molar-refractivity contribution in [3.05, 3.63) is 41.7 Å². The molecule has 4 rings (SSSR count). The van der Waals surface area contributed by atoms with Gasteiger partial charge in [0.2, 0.25) is 0 Å². The van der Waals surface area contributed by atoms with Gasteiger partial charge in [-0.05, 0) is 24.1 Å². The zero-order chi connectivity index (χ0) is 16.7. The van der Waals surface area contributed by atoms with E-state index in [-0.39, 0.29) is 12.1 Å². The Labute approximate surface area is 141 Å². The Balaban J connectivity index is 1.47. The number of piperidine rings is 1. The van der Waals surface area contributed by atoms with Crippen LogP contribution < -0.4 is 0 Å². The van der Waals surface area contributed by atoms with Crippen molar-refractivity contribution >= 4 is 9.84 Å². The Kier molecular flexibility index (Phi) is 3.90. The molecule has 0 unspecified atom stereocenters. The van der Waals surface area contributed by atoms with Crippen LogP contribution in [0, 0.1) is 0 Å². The monoisotopic (exact) mass is 348 g/mol. The molecule has 1 saturated heterocycles. The van der Waals surface area contributed by atoms with Crippen LogP contribution in [-0.2, 0) is 27.7 Å². The number of aromatic nitrogens is 3. The molecule has 0 radical (unpaired) electrons. The predicted molar refractivity (Wildman–Crippen MR) is 87.1 cm³/mol. The second kappa shape index (κ2) is 5.94. The van der Waals surface area contributed by atoms with E-state index in [2.05, 4.69) is 15.2 Å². The third-order valence-electron chi connectivity index (χ3n) is 4.77. The van der Waals surface area contributed by atoms with Crippen molar-refractivity contribution in [1.82, 2.24) is 19.9 Å². The van der Waals surface area contributed by atoms with E-state index in [4.69, 9.17) is 4.74 Å². The van der Waals surface area contributed by atoms with Gasteiger partial charge in [0.05, 0.1) is 35.5 Å². The Morgan fingerprint density at radius 1 is 1.29 bits per heavy atom. The van der Waals surface area contributed by atoms with Crippen molar-refractivity contribution in [3.8, 4) is 0 Å². The standard InChI is InChI=1S/C16H20N4O3S/c1-24(21,22)14-4-2-12(3-5-14)9-19-7-6-16-15(10-19)20-13(11-23-16)8-17-18-20/h2-5,8,15-16H,6-7,9-11H2,1H3/t15-,16-/m0/s1. The topological polar surface area (TPSA) is 77.3 Å². The number of nitrogens with zero attached hydrogens (tertiary/aromatic N) is 4. The lowest BCUT2D eigenvalue weighted by atomic mass is 10.00. The molecule has 0 aliphatic carbocycles. The van der Waals surface area contributed by atoms with Crippen LogP contribution in [0.2, 0.25) is 0 Å². The highest BCUT2D eigenvalue weighted by Gasteiger charge is 2.36. The summed E-state index contributed by atoms with van der Waals surface area (Å²) in [6, 6.07) is 7.33. The van der Waals surface area contributed by atoms with Gasteiger partial charge in [0.1, 0.15) is 0 Å². The number of hydrogen-bond acceptors (Lipinski definition) is 6. The molecule has 2 atom stereocenters. The zero-order valence-corrected chi connectivity index (χ0v) is 14.3. The summed E-state index contributed by atoms with van der Waals surface area (Å²) in [6.07, 6.45) is 4.15. The lowest BCUT2D eigenvalue weighted by Gasteiger charge is -2.41. The Morgan fingerprint density at radius 2 is 2.08 bits per heavy atom. The van der Waals surface area contributed by atoms with Crippen molar-refractivity contribution in [3.63, 3.8) is 0 Å². The van der Waals surface area contributed by atoms with E-state index in [1.54, 1.807) is 18.3 Å². The van der Waals surface area contributed by atoms with Crippen LogP contribution >= 0.6 is 0 Å². The first kappa shape index (κ1) is 15.7. The Bertz CT molecular complexity index is 831. The number of benzene rings is 1. The van der Waals surface area contributed by atoms with E-state index in [9.17, 15) is 8.42 Å². The molecule has 2 aliphatic rings. The molecule has 0 saturated carbocycles. The van der Waals surface area contributed by atoms with Crippen LogP contribution in [0.4, 0.5) is 0 Å². The number of sulfone groups is 1. The normalized spacial score (nSPS) is 24.4. The van der Waals surface area contributed by atoms with Crippen molar-refractivity contribution in [2.75, 3.05) is 19.3 Å². The highest BCUT2D eigenvalue weighted by molar-refractivity contribution is 7.90. The molecule has 8 heteroatoms. The lowest BCUT2D eigenvalue weighted by Crippen LogP contribution is -2.47. The van der Waals surface area contributed by atoms with Crippen LogP contribution in [-0.4, -0.2) is 53.8 Å². The van der Waals surface area contributed by atoms with Crippen molar-refractivity contribution < 1.29 is 13.2 Å². The van der Waals surface area contributed by atoms with Crippen LogP contribution in [0.3, 0.4) is 0 Å². The molecule has 128 valence electrons.